The van der Waals surface area contributed by atoms with Crippen molar-refractivity contribution in [3.8, 4) is 0 Å². The highest BCUT2D eigenvalue weighted by Crippen LogP contribution is 2.11. The van der Waals surface area contributed by atoms with Gasteiger partial charge in [-0.15, -0.1) is 0 Å². The van der Waals surface area contributed by atoms with Gasteiger partial charge < -0.3 is 10.6 Å². The molecule has 0 bridgehead atoms. The molecule has 2 heterocycles. The summed E-state index contributed by atoms with van der Waals surface area (Å²) in [5.74, 6) is 0. The largest absolute Gasteiger partial charge is 0.363 e. The average Bonchev–Trinajstić information content (AvgIpc) is 2.17. The molecule has 2 rings (SSSR count). The normalized spacial score (nSPS) is 29.7. The summed E-state index contributed by atoms with van der Waals surface area (Å²) < 4.78 is 0. The topological polar surface area (TPSA) is 36.4 Å². The van der Waals surface area contributed by atoms with Crippen LogP contribution >= 0.6 is 0 Å². The van der Waals surface area contributed by atoms with Crippen LogP contribution in [0.15, 0.2) is 16.8 Å². The van der Waals surface area contributed by atoms with Gasteiger partial charge in [-0.2, -0.15) is 0 Å². The first-order valence-corrected chi connectivity index (χ1v) is 4.11. The molecule has 0 spiro atoms. The minimum absolute atomic E-state index is 0.286. The number of rotatable bonds is 0. The van der Waals surface area contributed by atoms with Gasteiger partial charge >= 0.3 is 0 Å². The third-order valence-electron chi connectivity index (χ3n) is 2.01. The number of fused-ring (bicyclic) bond motifs is 1. The maximum atomic E-state index is 4.47. The molecule has 1 atom stereocenters. The predicted molar refractivity (Wildman–Crippen MR) is 45.6 cm³/mol. The molecule has 0 amide bonds. The molecule has 0 aliphatic carbocycles. The van der Waals surface area contributed by atoms with Crippen LogP contribution in [0.4, 0.5) is 0 Å². The van der Waals surface area contributed by atoms with Crippen LogP contribution in [0.3, 0.4) is 0 Å². The Morgan fingerprint density at radius 2 is 2.55 bits per heavy atom. The first kappa shape index (κ1) is 6.85. The van der Waals surface area contributed by atoms with E-state index < -0.39 is 0 Å². The van der Waals surface area contributed by atoms with Crippen LogP contribution in [0.2, 0.25) is 0 Å². The van der Waals surface area contributed by atoms with Crippen molar-refractivity contribution in [1.29, 1.82) is 0 Å². The highest BCUT2D eigenvalue weighted by Gasteiger charge is 2.18. The molecule has 3 nitrogen and oxygen atoms in total. The Bertz CT molecular complexity index is 217. The van der Waals surface area contributed by atoms with Crippen molar-refractivity contribution in [2.24, 2.45) is 4.99 Å². The van der Waals surface area contributed by atoms with E-state index in [4.69, 9.17) is 0 Å². The van der Waals surface area contributed by atoms with Gasteiger partial charge in [-0.25, -0.2) is 0 Å². The number of hydrogen-bond acceptors (Lipinski definition) is 3. The minimum Gasteiger partial charge on any atom is -0.363 e. The van der Waals surface area contributed by atoms with E-state index in [1.165, 1.54) is 11.4 Å². The second-order valence-electron chi connectivity index (χ2n) is 2.97. The minimum atomic E-state index is 0.286. The van der Waals surface area contributed by atoms with E-state index in [0.717, 1.165) is 19.5 Å². The zero-order valence-electron chi connectivity index (χ0n) is 6.72. The van der Waals surface area contributed by atoms with Crippen LogP contribution in [0.5, 0.6) is 0 Å². The third kappa shape index (κ3) is 1.28. The molecule has 0 aromatic heterocycles. The van der Waals surface area contributed by atoms with E-state index in [0.29, 0.717) is 0 Å². The highest BCUT2D eigenvalue weighted by atomic mass is 15.1. The Balaban J connectivity index is 2.21. The molecular formula is C8H13N3. The molecule has 11 heavy (non-hydrogen) atoms. The standard InChI is InChI=1S/C8H13N3/c1-6-10-7-2-4-9-5-3-8(7)11-6/h2,6,9-10H,3-5H2,1H3. The average molecular weight is 151 g/mol. The molecule has 0 aromatic carbocycles. The second-order valence-corrected chi connectivity index (χ2v) is 2.97. The van der Waals surface area contributed by atoms with E-state index in [2.05, 4.69) is 28.6 Å². The first-order chi connectivity index (χ1) is 5.36. The van der Waals surface area contributed by atoms with Gasteiger partial charge in [-0.3, -0.25) is 4.99 Å². The van der Waals surface area contributed by atoms with Gasteiger partial charge in [0, 0.05) is 19.5 Å². The summed E-state index contributed by atoms with van der Waals surface area (Å²) in [5, 5.41) is 6.61. The Labute approximate surface area is 66.6 Å². The van der Waals surface area contributed by atoms with Gasteiger partial charge in [0.15, 0.2) is 0 Å². The van der Waals surface area contributed by atoms with Crippen LogP contribution in [-0.2, 0) is 0 Å². The Morgan fingerprint density at radius 3 is 3.45 bits per heavy atom. The number of aliphatic imine (C=N–C) groups is 1. The van der Waals surface area contributed by atoms with E-state index in [1.807, 2.05) is 0 Å². The van der Waals surface area contributed by atoms with Gasteiger partial charge in [0.05, 0.1) is 11.4 Å². The number of hydrogen-bond donors (Lipinski definition) is 2. The third-order valence-corrected chi connectivity index (χ3v) is 2.01. The van der Waals surface area contributed by atoms with Crippen molar-refractivity contribution in [3.63, 3.8) is 0 Å². The van der Waals surface area contributed by atoms with Crippen LogP contribution in [0.1, 0.15) is 13.3 Å². The van der Waals surface area contributed by atoms with E-state index >= 15 is 0 Å². The lowest BCUT2D eigenvalue weighted by atomic mass is 10.2. The molecule has 0 saturated carbocycles. The molecule has 60 valence electrons. The van der Waals surface area contributed by atoms with E-state index in [1.54, 1.807) is 0 Å². The van der Waals surface area contributed by atoms with Crippen molar-refractivity contribution in [2.75, 3.05) is 13.1 Å². The molecule has 2 aliphatic heterocycles. The van der Waals surface area contributed by atoms with Crippen molar-refractivity contribution < 1.29 is 0 Å². The van der Waals surface area contributed by atoms with Gasteiger partial charge in [-0.1, -0.05) is 0 Å². The molecule has 0 saturated heterocycles. The fourth-order valence-electron chi connectivity index (χ4n) is 1.50. The summed E-state index contributed by atoms with van der Waals surface area (Å²) in [6.07, 6.45) is 3.52. The van der Waals surface area contributed by atoms with Gasteiger partial charge in [0.25, 0.3) is 0 Å². The Morgan fingerprint density at radius 1 is 1.64 bits per heavy atom. The summed E-state index contributed by atoms with van der Waals surface area (Å²) in [4.78, 5) is 4.47. The predicted octanol–water partition coefficient (Wildman–Crippen LogP) is 0.254. The summed E-state index contributed by atoms with van der Waals surface area (Å²) >= 11 is 0. The SMILES string of the molecule is CC1N=C2CCNCC=C2N1. The highest BCUT2D eigenvalue weighted by molar-refractivity contribution is 6.01. The number of allylic oxidation sites excluding steroid dienone is 1. The van der Waals surface area contributed by atoms with Crippen molar-refractivity contribution >= 4 is 5.71 Å². The Kier molecular flexibility index (Phi) is 1.66. The monoisotopic (exact) mass is 151 g/mol. The summed E-state index contributed by atoms with van der Waals surface area (Å²) in [5.41, 5.74) is 2.48. The molecule has 0 radical (unpaired) electrons. The van der Waals surface area contributed by atoms with Crippen LogP contribution in [0.25, 0.3) is 0 Å². The maximum Gasteiger partial charge on any atom is 0.116 e. The molecule has 3 heteroatoms. The molecule has 0 fully saturated rings. The first-order valence-electron chi connectivity index (χ1n) is 4.11. The van der Waals surface area contributed by atoms with Gasteiger partial charge in [0.2, 0.25) is 0 Å². The smallest absolute Gasteiger partial charge is 0.116 e. The molecule has 1 unspecified atom stereocenters. The summed E-state index contributed by atoms with van der Waals surface area (Å²) in [6.45, 7) is 4.09. The fraction of sp³-hybridized carbons (Fsp3) is 0.625. The Hall–Kier alpha value is -0.830. The lowest BCUT2D eigenvalue weighted by Crippen LogP contribution is -2.18. The number of nitrogens with zero attached hydrogens (tertiary/aromatic N) is 1. The quantitative estimate of drug-likeness (QED) is 0.521. The zero-order valence-corrected chi connectivity index (χ0v) is 6.72. The molecular weight excluding hydrogens is 138 g/mol. The maximum absolute atomic E-state index is 4.47. The van der Waals surface area contributed by atoms with E-state index in [-0.39, 0.29) is 6.17 Å². The number of nitrogens with one attached hydrogen (secondary N) is 2. The van der Waals surface area contributed by atoms with Crippen molar-refractivity contribution in [1.82, 2.24) is 10.6 Å². The lowest BCUT2D eigenvalue weighted by Gasteiger charge is -2.01. The lowest BCUT2D eigenvalue weighted by molar-refractivity contribution is 0.686. The van der Waals surface area contributed by atoms with Crippen molar-refractivity contribution in [2.45, 2.75) is 19.5 Å². The van der Waals surface area contributed by atoms with E-state index in [9.17, 15) is 0 Å². The second kappa shape index (κ2) is 2.66. The van der Waals surface area contributed by atoms with Gasteiger partial charge in [0.1, 0.15) is 6.17 Å². The van der Waals surface area contributed by atoms with Crippen LogP contribution in [-0.4, -0.2) is 25.0 Å². The van der Waals surface area contributed by atoms with Crippen LogP contribution < -0.4 is 10.6 Å². The summed E-state index contributed by atoms with van der Waals surface area (Å²) in [7, 11) is 0. The molecule has 0 aromatic rings. The van der Waals surface area contributed by atoms with Gasteiger partial charge in [-0.05, 0) is 13.0 Å². The molecule has 2 N–H and O–H groups in total. The van der Waals surface area contributed by atoms with Crippen molar-refractivity contribution in [3.05, 3.63) is 11.8 Å². The summed E-state index contributed by atoms with van der Waals surface area (Å²) in [6, 6.07) is 0. The molecule has 2 aliphatic rings. The zero-order chi connectivity index (χ0) is 7.68. The van der Waals surface area contributed by atoms with Crippen LogP contribution in [0, 0.1) is 0 Å². The fourth-order valence-corrected chi connectivity index (χ4v) is 1.50.